The molecule has 0 aliphatic heterocycles. The fourth-order valence-corrected chi connectivity index (χ4v) is 2.00. The van der Waals surface area contributed by atoms with Gasteiger partial charge in [0.15, 0.2) is 5.03 Å². The van der Waals surface area contributed by atoms with Gasteiger partial charge in [0, 0.05) is 5.56 Å². The molecular weight excluding hydrogens is 310 g/mol. The van der Waals surface area contributed by atoms with Gasteiger partial charge in [-0.2, -0.15) is 10.2 Å². The number of aromatic hydroxyl groups is 1. The Kier molecular flexibility index (Phi) is 5.09. The summed E-state index contributed by atoms with van der Waals surface area (Å²) < 4.78 is 0. The zero-order chi connectivity index (χ0) is 15.9. The molecule has 0 aliphatic carbocycles. The number of carbonyl (C=O) groups excluding carboxylic acids is 1. The Labute approximate surface area is 127 Å². The number of hydrazone groups is 1. The van der Waals surface area contributed by atoms with Gasteiger partial charge in [-0.05, 0) is 12.1 Å². The van der Waals surface area contributed by atoms with Crippen LogP contribution in [0.25, 0.3) is 0 Å². The first-order valence-corrected chi connectivity index (χ1v) is 6.96. The number of para-hydroxylation sites is 1. The minimum Gasteiger partial charge on any atom is -0.507 e. The molecule has 0 saturated heterocycles. The highest BCUT2D eigenvalue weighted by atomic mass is 32.2. The predicted octanol–water partition coefficient (Wildman–Crippen LogP) is -0.594. The molecule has 9 nitrogen and oxygen atoms in total. The number of hydrogen-bond donors (Lipinski definition) is 4. The SMILES string of the molecule is O=C(CSc1n[nH]c(=O)[nH]c1=O)N/N=C\c1ccccc1O. The van der Waals surface area contributed by atoms with Crippen molar-refractivity contribution in [1.29, 1.82) is 0 Å². The summed E-state index contributed by atoms with van der Waals surface area (Å²) in [7, 11) is 0. The fourth-order valence-electron chi connectivity index (χ4n) is 1.37. The van der Waals surface area contributed by atoms with Crippen LogP contribution in [0.1, 0.15) is 5.56 Å². The van der Waals surface area contributed by atoms with Crippen molar-refractivity contribution in [1.82, 2.24) is 20.6 Å². The molecule has 22 heavy (non-hydrogen) atoms. The van der Waals surface area contributed by atoms with Crippen molar-refractivity contribution in [3.63, 3.8) is 0 Å². The second kappa shape index (κ2) is 7.22. The van der Waals surface area contributed by atoms with Gasteiger partial charge in [-0.25, -0.2) is 15.3 Å². The molecule has 0 atom stereocenters. The molecule has 4 N–H and O–H groups in total. The molecule has 0 radical (unpaired) electrons. The summed E-state index contributed by atoms with van der Waals surface area (Å²) in [6.45, 7) is 0. The van der Waals surface area contributed by atoms with Gasteiger partial charge in [-0.15, -0.1) is 0 Å². The maximum atomic E-state index is 11.5. The highest BCUT2D eigenvalue weighted by Crippen LogP contribution is 2.12. The number of hydrogen-bond acceptors (Lipinski definition) is 7. The number of benzene rings is 1. The Hall–Kier alpha value is -2.88. The number of thioether (sulfide) groups is 1. The molecule has 114 valence electrons. The minimum atomic E-state index is -0.717. The third kappa shape index (κ3) is 4.31. The van der Waals surface area contributed by atoms with Gasteiger partial charge < -0.3 is 5.11 Å². The van der Waals surface area contributed by atoms with Crippen LogP contribution in [0.5, 0.6) is 5.75 Å². The van der Waals surface area contributed by atoms with E-state index in [-0.39, 0.29) is 16.5 Å². The Morgan fingerprint density at radius 1 is 1.41 bits per heavy atom. The number of aromatic nitrogens is 3. The van der Waals surface area contributed by atoms with E-state index in [4.69, 9.17) is 0 Å². The van der Waals surface area contributed by atoms with Gasteiger partial charge >= 0.3 is 5.69 Å². The van der Waals surface area contributed by atoms with Crippen molar-refractivity contribution in [3.05, 3.63) is 50.7 Å². The first kappa shape index (κ1) is 15.5. The van der Waals surface area contributed by atoms with E-state index in [9.17, 15) is 19.5 Å². The highest BCUT2D eigenvalue weighted by Gasteiger charge is 2.07. The summed E-state index contributed by atoms with van der Waals surface area (Å²) in [4.78, 5) is 35.7. The molecule has 0 unspecified atom stereocenters. The second-order valence-corrected chi connectivity index (χ2v) is 4.92. The van der Waals surface area contributed by atoms with Gasteiger partial charge in [-0.1, -0.05) is 23.9 Å². The topological polar surface area (TPSA) is 140 Å². The van der Waals surface area contributed by atoms with E-state index in [1.165, 1.54) is 12.3 Å². The number of nitrogens with zero attached hydrogens (tertiary/aromatic N) is 2. The minimum absolute atomic E-state index is 0.0283. The monoisotopic (exact) mass is 321 g/mol. The third-order valence-electron chi connectivity index (χ3n) is 2.35. The lowest BCUT2D eigenvalue weighted by molar-refractivity contribution is -0.118. The van der Waals surface area contributed by atoms with Crippen LogP contribution in [0.4, 0.5) is 0 Å². The number of H-pyrrole nitrogens is 2. The Morgan fingerprint density at radius 3 is 2.91 bits per heavy atom. The molecular formula is C12H11N5O4S. The highest BCUT2D eigenvalue weighted by molar-refractivity contribution is 7.99. The summed E-state index contributed by atoms with van der Waals surface area (Å²) in [5.41, 5.74) is 1.32. The van der Waals surface area contributed by atoms with Gasteiger partial charge in [0.2, 0.25) is 5.91 Å². The second-order valence-electron chi connectivity index (χ2n) is 3.95. The number of aromatic amines is 2. The predicted molar refractivity (Wildman–Crippen MR) is 80.0 cm³/mol. The summed E-state index contributed by atoms with van der Waals surface area (Å²) >= 11 is 0.853. The van der Waals surface area contributed by atoms with E-state index < -0.39 is 17.2 Å². The maximum absolute atomic E-state index is 11.5. The van der Waals surface area contributed by atoms with E-state index in [0.29, 0.717) is 5.56 Å². The molecule has 0 fully saturated rings. The van der Waals surface area contributed by atoms with Crippen LogP contribution in [-0.4, -0.2) is 38.2 Å². The zero-order valence-electron chi connectivity index (χ0n) is 11.1. The van der Waals surface area contributed by atoms with E-state index in [0.717, 1.165) is 11.8 Å². The number of amides is 1. The lowest BCUT2D eigenvalue weighted by Gasteiger charge is -1.99. The average molecular weight is 321 g/mol. The smallest absolute Gasteiger partial charge is 0.342 e. The normalized spacial score (nSPS) is 10.7. The lowest BCUT2D eigenvalue weighted by atomic mass is 10.2. The van der Waals surface area contributed by atoms with Crippen LogP contribution in [0.2, 0.25) is 0 Å². The van der Waals surface area contributed by atoms with Crippen molar-refractivity contribution in [2.45, 2.75) is 5.03 Å². The summed E-state index contributed by atoms with van der Waals surface area (Å²) in [5.74, 6) is -0.539. The van der Waals surface area contributed by atoms with E-state index in [1.807, 2.05) is 4.98 Å². The molecule has 2 aromatic rings. The van der Waals surface area contributed by atoms with Crippen molar-refractivity contribution < 1.29 is 9.90 Å². The zero-order valence-corrected chi connectivity index (χ0v) is 11.9. The first-order chi connectivity index (χ1) is 10.6. The molecule has 2 rings (SSSR count). The van der Waals surface area contributed by atoms with Crippen LogP contribution < -0.4 is 16.7 Å². The number of phenols is 1. The summed E-state index contributed by atoms with van der Waals surface area (Å²) in [6, 6.07) is 6.50. The lowest BCUT2D eigenvalue weighted by Crippen LogP contribution is -2.26. The van der Waals surface area contributed by atoms with Gasteiger partial charge in [-0.3, -0.25) is 14.6 Å². The molecule has 1 heterocycles. The molecule has 10 heteroatoms. The van der Waals surface area contributed by atoms with Gasteiger partial charge in [0.05, 0.1) is 12.0 Å². The number of rotatable bonds is 5. The standard InChI is InChI=1S/C12H11N5O4S/c18-8-4-2-1-3-7(8)5-13-15-9(19)6-22-11-10(20)14-12(21)17-16-11/h1-5,18H,6H2,(H,15,19)(H2,14,17,20,21)/b13-5-. The molecule has 1 amide bonds. The first-order valence-electron chi connectivity index (χ1n) is 5.98. The van der Waals surface area contributed by atoms with Gasteiger partial charge in [0.25, 0.3) is 5.56 Å². The Balaban J connectivity index is 1.87. The van der Waals surface area contributed by atoms with E-state index in [1.54, 1.807) is 18.2 Å². The summed E-state index contributed by atoms with van der Waals surface area (Å²) in [5, 5.41) is 18.7. The molecule has 0 aliphatic rings. The maximum Gasteiger partial charge on any atom is 0.342 e. The molecule has 0 spiro atoms. The number of carbonyl (C=O) groups is 1. The average Bonchev–Trinajstić information content (AvgIpc) is 2.48. The Bertz CT molecular complexity index is 813. The largest absolute Gasteiger partial charge is 0.507 e. The molecule has 1 aromatic heterocycles. The summed E-state index contributed by atoms with van der Waals surface area (Å²) in [6.07, 6.45) is 1.29. The molecule has 1 aromatic carbocycles. The van der Waals surface area contributed by atoms with Crippen LogP contribution in [0.3, 0.4) is 0 Å². The van der Waals surface area contributed by atoms with Crippen molar-refractivity contribution in [2.75, 3.05) is 5.75 Å². The van der Waals surface area contributed by atoms with Gasteiger partial charge in [0.1, 0.15) is 5.75 Å². The Morgan fingerprint density at radius 2 is 2.18 bits per heavy atom. The molecule has 0 bridgehead atoms. The quantitative estimate of drug-likeness (QED) is 0.329. The molecule has 0 saturated carbocycles. The third-order valence-corrected chi connectivity index (χ3v) is 3.31. The van der Waals surface area contributed by atoms with Crippen molar-refractivity contribution in [3.8, 4) is 5.75 Å². The number of phenolic OH excluding ortho intramolecular Hbond substituents is 1. The van der Waals surface area contributed by atoms with E-state index in [2.05, 4.69) is 20.7 Å². The van der Waals surface area contributed by atoms with Crippen LogP contribution in [0, 0.1) is 0 Å². The van der Waals surface area contributed by atoms with Crippen LogP contribution in [0.15, 0.2) is 44.0 Å². The fraction of sp³-hybridized carbons (Fsp3) is 0.0833. The number of nitrogens with one attached hydrogen (secondary N) is 3. The van der Waals surface area contributed by atoms with Crippen LogP contribution in [-0.2, 0) is 4.79 Å². The van der Waals surface area contributed by atoms with Crippen LogP contribution >= 0.6 is 11.8 Å². The van der Waals surface area contributed by atoms with Crippen molar-refractivity contribution in [2.24, 2.45) is 5.10 Å². The van der Waals surface area contributed by atoms with E-state index >= 15 is 0 Å². The van der Waals surface area contributed by atoms with Crippen molar-refractivity contribution >= 4 is 23.9 Å².